The summed E-state index contributed by atoms with van der Waals surface area (Å²) in [5.74, 6) is 0.485. The van der Waals surface area contributed by atoms with Crippen molar-refractivity contribution in [3.05, 3.63) is 199 Å². The third-order valence-corrected chi connectivity index (χ3v) is 10.8. The molecule has 0 spiro atoms. The lowest BCUT2D eigenvalue weighted by atomic mass is 9.81. The summed E-state index contributed by atoms with van der Waals surface area (Å²) in [5.41, 5.74) is 11.6. The van der Waals surface area contributed by atoms with Gasteiger partial charge in [0.05, 0.1) is 0 Å². The van der Waals surface area contributed by atoms with Gasteiger partial charge in [0.2, 0.25) is 0 Å². The SMILES string of the molecule is C1=CC2=C(c3ccc4cc(-c5ccc(-c6c7ccccc7c(-c7cccc8ccccc78)c7ccccc67)cc5)ccc4c3)C=CCC2C=C1. The summed E-state index contributed by atoms with van der Waals surface area (Å²) in [6.07, 6.45) is 14.6. The standard InChI is InChI=1S/C50H34/c1-3-15-41-34(11-1)13-9-21-43(41)40-30-29-38-31-37(27-28-39(38)32-40)33-23-25-36(26-24-33)49-45-17-5-7-19-47(45)50(48-20-8-6-18-46(48)49)44-22-10-14-35-12-2-4-16-42(35)44/h1-12,14-32,34H,13H2. The van der Waals surface area contributed by atoms with Crippen LogP contribution in [0.25, 0.3) is 82.0 Å². The largest absolute Gasteiger partial charge is 0.0830 e. The monoisotopic (exact) mass is 634 g/mol. The average molecular weight is 635 g/mol. The normalized spacial score (nSPS) is 15.4. The minimum atomic E-state index is 0.485. The second kappa shape index (κ2) is 11.7. The Balaban J connectivity index is 1.06. The van der Waals surface area contributed by atoms with Gasteiger partial charge in [-0.2, -0.15) is 0 Å². The van der Waals surface area contributed by atoms with Crippen molar-refractivity contribution in [1.82, 2.24) is 0 Å². The van der Waals surface area contributed by atoms with Crippen molar-refractivity contribution in [2.24, 2.45) is 5.92 Å². The lowest BCUT2D eigenvalue weighted by Crippen LogP contribution is -2.06. The molecule has 8 aromatic rings. The van der Waals surface area contributed by atoms with Gasteiger partial charge in [0.25, 0.3) is 0 Å². The quantitative estimate of drug-likeness (QED) is 0.169. The Bertz CT molecular complexity index is 2700. The molecule has 0 bridgehead atoms. The first-order valence-corrected chi connectivity index (χ1v) is 17.6. The van der Waals surface area contributed by atoms with Gasteiger partial charge < -0.3 is 0 Å². The van der Waals surface area contributed by atoms with Crippen LogP contribution in [0.5, 0.6) is 0 Å². The molecular formula is C50H34. The molecule has 0 N–H and O–H groups in total. The van der Waals surface area contributed by atoms with E-state index in [1.807, 2.05) is 0 Å². The van der Waals surface area contributed by atoms with E-state index >= 15 is 0 Å². The predicted molar refractivity (Wildman–Crippen MR) is 215 cm³/mol. The Kier molecular flexibility index (Phi) is 6.74. The lowest BCUT2D eigenvalue weighted by molar-refractivity contribution is 0.784. The highest BCUT2D eigenvalue weighted by Gasteiger charge is 2.20. The average Bonchev–Trinajstić information content (AvgIpc) is 3.19. The summed E-state index contributed by atoms with van der Waals surface area (Å²) < 4.78 is 0. The lowest BCUT2D eigenvalue weighted by Gasteiger charge is -2.23. The zero-order chi connectivity index (χ0) is 33.0. The van der Waals surface area contributed by atoms with E-state index in [2.05, 4.69) is 188 Å². The maximum atomic E-state index is 2.35. The van der Waals surface area contributed by atoms with Gasteiger partial charge in [-0.3, -0.25) is 0 Å². The topological polar surface area (TPSA) is 0 Å². The van der Waals surface area contributed by atoms with Crippen LogP contribution in [0, 0.1) is 5.92 Å². The van der Waals surface area contributed by atoms with Crippen molar-refractivity contribution in [3.63, 3.8) is 0 Å². The third-order valence-electron chi connectivity index (χ3n) is 10.8. The fourth-order valence-electron chi connectivity index (χ4n) is 8.37. The molecule has 0 amide bonds. The third kappa shape index (κ3) is 4.68. The number of benzene rings is 8. The molecule has 50 heavy (non-hydrogen) atoms. The molecule has 0 nitrogen and oxygen atoms in total. The molecule has 234 valence electrons. The van der Waals surface area contributed by atoms with Crippen molar-refractivity contribution < 1.29 is 0 Å². The van der Waals surface area contributed by atoms with Gasteiger partial charge >= 0.3 is 0 Å². The summed E-state index contributed by atoms with van der Waals surface area (Å²) in [4.78, 5) is 0. The molecule has 0 heterocycles. The summed E-state index contributed by atoms with van der Waals surface area (Å²) in [6, 6.07) is 56.2. The van der Waals surface area contributed by atoms with Gasteiger partial charge in [0, 0.05) is 5.92 Å². The molecular weight excluding hydrogens is 601 g/mol. The van der Waals surface area contributed by atoms with Crippen LogP contribution in [0.1, 0.15) is 12.0 Å². The van der Waals surface area contributed by atoms with Gasteiger partial charge in [-0.25, -0.2) is 0 Å². The van der Waals surface area contributed by atoms with Crippen molar-refractivity contribution in [2.45, 2.75) is 6.42 Å². The van der Waals surface area contributed by atoms with Crippen LogP contribution >= 0.6 is 0 Å². The molecule has 0 aromatic heterocycles. The maximum absolute atomic E-state index is 2.35. The highest BCUT2D eigenvalue weighted by molar-refractivity contribution is 6.23. The van der Waals surface area contributed by atoms with Crippen LogP contribution in [-0.2, 0) is 0 Å². The first-order valence-electron chi connectivity index (χ1n) is 17.6. The van der Waals surface area contributed by atoms with E-state index in [0.717, 1.165) is 6.42 Å². The Morgan fingerprint density at radius 1 is 0.400 bits per heavy atom. The molecule has 0 aliphatic heterocycles. The summed E-state index contributed by atoms with van der Waals surface area (Å²) in [6.45, 7) is 0. The fraction of sp³-hybridized carbons (Fsp3) is 0.0400. The number of fused-ring (bicyclic) bond motifs is 5. The molecule has 10 rings (SSSR count). The Labute approximate surface area is 292 Å². The highest BCUT2D eigenvalue weighted by atomic mass is 14.2. The molecule has 0 heteroatoms. The summed E-state index contributed by atoms with van der Waals surface area (Å²) in [7, 11) is 0. The van der Waals surface area contributed by atoms with E-state index in [-0.39, 0.29) is 0 Å². The van der Waals surface area contributed by atoms with Crippen molar-refractivity contribution in [2.75, 3.05) is 0 Å². The molecule has 0 radical (unpaired) electrons. The van der Waals surface area contributed by atoms with Crippen LogP contribution in [0.4, 0.5) is 0 Å². The smallest absolute Gasteiger partial charge is 0.00618 e. The van der Waals surface area contributed by atoms with Crippen molar-refractivity contribution >= 4 is 48.7 Å². The summed E-state index contributed by atoms with van der Waals surface area (Å²) >= 11 is 0. The number of allylic oxidation sites excluding steroid dienone is 8. The van der Waals surface area contributed by atoms with Gasteiger partial charge in [0.15, 0.2) is 0 Å². The van der Waals surface area contributed by atoms with Crippen LogP contribution in [0.3, 0.4) is 0 Å². The van der Waals surface area contributed by atoms with E-state index in [0.29, 0.717) is 5.92 Å². The Hall–Kier alpha value is -6.24. The molecule has 8 aromatic carbocycles. The minimum Gasteiger partial charge on any atom is -0.0830 e. The molecule has 1 unspecified atom stereocenters. The van der Waals surface area contributed by atoms with E-state index < -0.39 is 0 Å². The van der Waals surface area contributed by atoms with Gasteiger partial charge in [-0.15, -0.1) is 0 Å². The van der Waals surface area contributed by atoms with E-state index in [4.69, 9.17) is 0 Å². The Morgan fingerprint density at radius 3 is 1.72 bits per heavy atom. The second-order valence-electron chi connectivity index (χ2n) is 13.6. The van der Waals surface area contributed by atoms with Gasteiger partial charge in [0.1, 0.15) is 0 Å². The molecule has 0 fully saturated rings. The zero-order valence-corrected chi connectivity index (χ0v) is 27.7. The summed E-state index contributed by atoms with van der Waals surface area (Å²) in [5, 5.41) is 10.2. The molecule has 2 aliphatic carbocycles. The first kappa shape index (κ1) is 28.7. The minimum absolute atomic E-state index is 0.485. The molecule has 2 aliphatic rings. The number of hydrogen-bond acceptors (Lipinski definition) is 0. The first-order chi connectivity index (χ1) is 24.8. The van der Waals surface area contributed by atoms with Crippen LogP contribution < -0.4 is 0 Å². The van der Waals surface area contributed by atoms with E-state index in [1.54, 1.807) is 0 Å². The van der Waals surface area contributed by atoms with Gasteiger partial charge in [-0.05, 0) is 112 Å². The van der Waals surface area contributed by atoms with E-state index in [9.17, 15) is 0 Å². The molecule has 0 saturated heterocycles. The van der Waals surface area contributed by atoms with Crippen molar-refractivity contribution in [1.29, 1.82) is 0 Å². The van der Waals surface area contributed by atoms with Crippen LogP contribution in [0.15, 0.2) is 194 Å². The second-order valence-corrected chi connectivity index (χ2v) is 13.6. The van der Waals surface area contributed by atoms with Crippen LogP contribution in [-0.4, -0.2) is 0 Å². The van der Waals surface area contributed by atoms with Gasteiger partial charge in [-0.1, -0.05) is 176 Å². The van der Waals surface area contributed by atoms with Crippen LogP contribution in [0.2, 0.25) is 0 Å². The van der Waals surface area contributed by atoms with Crippen molar-refractivity contribution in [3.8, 4) is 33.4 Å². The number of hydrogen-bond donors (Lipinski definition) is 0. The maximum Gasteiger partial charge on any atom is 0.00618 e. The Morgan fingerprint density at radius 2 is 0.980 bits per heavy atom. The zero-order valence-electron chi connectivity index (χ0n) is 27.7. The predicted octanol–water partition coefficient (Wildman–Crippen LogP) is 13.8. The van der Waals surface area contributed by atoms with E-state index in [1.165, 1.54) is 93.2 Å². The fourth-order valence-corrected chi connectivity index (χ4v) is 8.37. The molecule has 1 atom stereocenters. The number of rotatable bonds is 4. The molecule has 0 saturated carbocycles. The highest BCUT2D eigenvalue weighted by Crippen LogP contribution is 2.45.